The molecule has 1 amide bonds. The fraction of sp³-hybridized carbons (Fsp3) is 0.438. The van der Waals surface area contributed by atoms with Crippen LogP contribution in [-0.2, 0) is 0 Å². The molecular weight excluding hydrogens is 566 g/mol. The molecule has 0 radical (unpaired) electrons. The lowest BCUT2D eigenvalue weighted by molar-refractivity contribution is 0.0955. The van der Waals surface area contributed by atoms with Crippen molar-refractivity contribution in [2.75, 3.05) is 57.1 Å². The van der Waals surface area contributed by atoms with Crippen LogP contribution in [0.4, 0.5) is 11.5 Å². The normalized spacial score (nSPS) is 11.1. The third-order valence-electron chi connectivity index (χ3n) is 6.27. The topological polar surface area (TPSA) is 88.3 Å². The Labute approximate surface area is 261 Å². The number of nitrogens with one attached hydrogen (secondary N) is 4. The highest BCUT2D eigenvalue weighted by molar-refractivity contribution is 7.20. The van der Waals surface area contributed by atoms with Gasteiger partial charge >= 0.3 is 0 Å². The first kappa shape index (κ1) is 36.9. The van der Waals surface area contributed by atoms with Gasteiger partial charge in [-0.05, 0) is 68.4 Å². The standard InChI is InChI=1S/C16H30N2.C14H14ClN5OS.C2H6/c1-5-11-16(6-2)12-9-10-13-17-14-15-18(7-3)8-4;1-16-12-10-7-11(22-14(10)18-17-12)13(21)19-20(2)9-5-3-8(15)4-6-9;1-2/h5,9,11-12,17H,1,6-8,10,13-15H2,2-4H3;3-7H,1-2H3,(H,19,21)(H2,16,17,18);1-2H3/b12-9-,16-11-;;. The van der Waals surface area contributed by atoms with Crippen LogP contribution in [0.15, 0.2) is 66.8 Å². The molecule has 42 heavy (non-hydrogen) atoms. The maximum absolute atomic E-state index is 12.3. The summed E-state index contributed by atoms with van der Waals surface area (Å²) in [7, 11) is 3.58. The molecule has 0 saturated carbocycles. The minimum atomic E-state index is -0.178. The molecule has 0 aliphatic carbocycles. The Bertz CT molecular complexity index is 1230. The highest BCUT2D eigenvalue weighted by Crippen LogP contribution is 2.29. The number of nitrogens with zero attached hydrogens (tertiary/aromatic N) is 3. The van der Waals surface area contributed by atoms with Crippen molar-refractivity contribution in [2.24, 2.45) is 0 Å². The van der Waals surface area contributed by atoms with Gasteiger partial charge in [0.1, 0.15) is 10.6 Å². The molecular formula is C32H50ClN7OS. The van der Waals surface area contributed by atoms with Crippen LogP contribution in [-0.4, -0.2) is 67.8 Å². The predicted molar refractivity (Wildman–Crippen MR) is 185 cm³/mol. The molecule has 3 rings (SSSR count). The van der Waals surface area contributed by atoms with E-state index in [4.69, 9.17) is 11.6 Å². The summed E-state index contributed by atoms with van der Waals surface area (Å²) in [4.78, 5) is 16.2. The third kappa shape index (κ3) is 12.8. The number of likely N-dealkylation sites (N-methyl/N-ethyl adjacent to an activating group) is 1. The zero-order valence-electron chi connectivity index (χ0n) is 26.4. The summed E-state index contributed by atoms with van der Waals surface area (Å²) >= 11 is 7.20. The molecule has 10 heteroatoms. The van der Waals surface area contributed by atoms with Gasteiger partial charge in [-0.1, -0.05) is 77.1 Å². The summed E-state index contributed by atoms with van der Waals surface area (Å²) in [6.07, 6.45) is 10.5. The minimum absolute atomic E-state index is 0.178. The van der Waals surface area contributed by atoms with Crippen LogP contribution in [0.25, 0.3) is 10.2 Å². The van der Waals surface area contributed by atoms with Crippen molar-refractivity contribution in [1.29, 1.82) is 0 Å². The van der Waals surface area contributed by atoms with Crippen molar-refractivity contribution in [3.05, 3.63) is 76.7 Å². The van der Waals surface area contributed by atoms with Gasteiger partial charge in [0.05, 0.1) is 16.0 Å². The van der Waals surface area contributed by atoms with Crippen molar-refractivity contribution in [2.45, 2.75) is 47.5 Å². The predicted octanol–water partition coefficient (Wildman–Crippen LogP) is 7.51. The van der Waals surface area contributed by atoms with E-state index >= 15 is 0 Å². The van der Waals surface area contributed by atoms with Gasteiger partial charge < -0.3 is 15.5 Å². The summed E-state index contributed by atoms with van der Waals surface area (Å²) in [6, 6.07) is 9.04. The molecule has 0 aliphatic rings. The molecule has 232 valence electrons. The number of thiophene rings is 1. The quantitative estimate of drug-likeness (QED) is 0.0804. The molecule has 0 aliphatic heterocycles. The molecule has 0 atom stereocenters. The molecule has 2 heterocycles. The van der Waals surface area contributed by atoms with E-state index in [2.05, 4.69) is 76.7 Å². The van der Waals surface area contributed by atoms with Gasteiger partial charge in [-0.2, -0.15) is 5.10 Å². The minimum Gasteiger partial charge on any atom is -0.373 e. The van der Waals surface area contributed by atoms with E-state index in [9.17, 15) is 4.79 Å². The molecule has 3 aromatic rings. The molecule has 8 nitrogen and oxygen atoms in total. The number of H-pyrrole nitrogens is 1. The van der Waals surface area contributed by atoms with Gasteiger partial charge in [0.2, 0.25) is 0 Å². The SMILES string of the molecule is C=C/C=C(\C=C/CCNCCN(CC)CC)CC.CC.CNc1[nH]nc2sc(C(=O)NN(C)c3ccc(Cl)cc3)cc12. The fourth-order valence-corrected chi connectivity index (χ4v) is 4.83. The number of anilines is 2. The van der Waals surface area contributed by atoms with Gasteiger partial charge in [-0.25, -0.2) is 0 Å². The van der Waals surface area contributed by atoms with Crippen LogP contribution in [0.2, 0.25) is 5.02 Å². The van der Waals surface area contributed by atoms with Crippen LogP contribution in [0.3, 0.4) is 0 Å². The largest absolute Gasteiger partial charge is 0.373 e. The second kappa shape index (κ2) is 21.6. The Morgan fingerprint density at radius 1 is 1.14 bits per heavy atom. The second-order valence-corrected chi connectivity index (χ2v) is 10.4. The Hall–Kier alpha value is -3.11. The number of benzene rings is 1. The lowest BCUT2D eigenvalue weighted by Crippen LogP contribution is -2.38. The lowest BCUT2D eigenvalue weighted by atomic mass is 10.1. The van der Waals surface area contributed by atoms with Crippen molar-refractivity contribution in [3.8, 4) is 0 Å². The van der Waals surface area contributed by atoms with Gasteiger partial charge in [-0.15, -0.1) is 11.3 Å². The van der Waals surface area contributed by atoms with Crippen LogP contribution >= 0.6 is 22.9 Å². The van der Waals surface area contributed by atoms with Crippen molar-refractivity contribution >= 4 is 50.6 Å². The molecule has 1 aromatic carbocycles. The molecule has 0 spiro atoms. The Kier molecular flexibility index (Phi) is 19.0. The Morgan fingerprint density at radius 3 is 2.43 bits per heavy atom. The number of hydrazine groups is 1. The number of hydrogen-bond acceptors (Lipinski definition) is 7. The van der Waals surface area contributed by atoms with E-state index in [1.54, 1.807) is 31.2 Å². The summed E-state index contributed by atoms with van der Waals surface area (Å²) in [5.74, 6) is 0.624. The number of carbonyl (C=O) groups is 1. The highest BCUT2D eigenvalue weighted by atomic mass is 35.5. The van der Waals surface area contributed by atoms with E-state index in [1.165, 1.54) is 16.9 Å². The number of hydrogen-bond donors (Lipinski definition) is 4. The van der Waals surface area contributed by atoms with Crippen molar-refractivity contribution in [3.63, 3.8) is 0 Å². The van der Waals surface area contributed by atoms with Crippen LogP contribution in [0.1, 0.15) is 57.1 Å². The van der Waals surface area contributed by atoms with Gasteiger partial charge in [0, 0.05) is 32.2 Å². The van der Waals surface area contributed by atoms with E-state index in [-0.39, 0.29) is 5.91 Å². The first-order chi connectivity index (χ1) is 20.4. The van der Waals surface area contributed by atoms with E-state index in [0.29, 0.717) is 9.90 Å². The summed E-state index contributed by atoms with van der Waals surface area (Å²) in [5.41, 5.74) is 5.01. The van der Waals surface area contributed by atoms with E-state index in [1.807, 2.05) is 38.1 Å². The van der Waals surface area contributed by atoms with Crippen molar-refractivity contribution in [1.82, 2.24) is 25.8 Å². The summed E-state index contributed by atoms with van der Waals surface area (Å²) in [6.45, 7) is 19.9. The number of halogens is 1. The summed E-state index contributed by atoms with van der Waals surface area (Å²) in [5, 5.41) is 16.7. The number of aromatic nitrogens is 2. The monoisotopic (exact) mass is 615 g/mol. The molecule has 0 bridgehead atoms. The highest BCUT2D eigenvalue weighted by Gasteiger charge is 2.16. The van der Waals surface area contributed by atoms with Crippen LogP contribution in [0.5, 0.6) is 0 Å². The molecule has 0 saturated heterocycles. The fourth-order valence-electron chi connectivity index (χ4n) is 3.81. The molecule has 4 N–H and O–H groups in total. The first-order valence-electron chi connectivity index (χ1n) is 14.7. The van der Waals surface area contributed by atoms with E-state index in [0.717, 1.165) is 67.3 Å². The number of amides is 1. The smallest absolute Gasteiger partial charge is 0.279 e. The number of fused-ring (bicyclic) bond motifs is 1. The molecule has 0 fully saturated rings. The number of aromatic amines is 1. The second-order valence-electron chi connectivity index (χ2n) is 8.95. The average molecular weight is 616 g/mol. The van der Waals surface area contributed by atoms with E-state index < -0.39 is 0 Å². The summed E-state index contributed by atoms with van der Waals surface area (Å²) < 4.78 is 0. The Balaban J connectivity index is 0.000000406. The maximum atomic E-state index is 12.3. The molecule has 0 unspecified atom stereocenters. The Morgan fingerprint density at radius 2 is 1.83 bits per heavy atom. The zero-order chi connectivity index (χ0) is 31.3. The lowest BCUT2D eigenvalue weighted by Gasteiger charge is -2.19. The number of carbonyl (C=O) groups excluding carboxylic acids is 1. The van der Waals surface area contributed by atoms with Gasteiger partial charge in [0.15, 0.2) is 0 Å². The molecule has 2 aromatic heterocycles. The van der Waals surface area contributed by atoms with Crippen LogP contribution in [0, 0.1) is 0 Å². The zero-order valence-corrected chi connectivity index (χ0v) is 28.0. The maximum Gasteiger partial charge on any atom is 0.279 e. The average Bonchev–Trinajstić information content (AvgIpc) is 3.61. The van der Waals surface area contributed by atoms with Gasteiger partial charge in [0.25, 0.3) is 5.91 Å². The van der Waals surface area contributed by atoms with Crippen LogP contribution < -0.4 is 21.1 Å². The van der Waals surface area contributed by atoms with Crippen molar-refractivity contribution < 1.29 is 4.79 Å². The third-order valence-corrected chi connectivity index (χ3v) is 7.55. The first-order valence-corrected chi connectivity index (χ1v) is 15.9. The van der Waals surface area contributed by atoms with Gasteiger partial charge in [-0.3, -0.25) is 20.3 Å². The number of allylic oxidation sites excluding steroid dienone is 4. The number of rotatable bonds is 15.